The molecule has 10 heteroatoms. The molecule has 1 rings (SSSR count). The minimum Gasteiger partial charge on any atom is -0.455 e. The Bertz CT molecular complexity index is 530. The second-order valence-electron chi connectivity index (χ2n) is 11.4. The molecule has 1 fully saturated rings. The summed E-state index contributed by atoms with van der Waals surface area (Å²) < 4.78 is 31.1. The number of esters is 1. The summed E-state index contributed by atoms with van der Waals surface area (Å²) in [6.07, 6.45) is -2.01. The molecule has 6 nitrogen and oxygen atoms in total. The molecule has 2 unspecified atom stereocenters. The Morgan fingerprint density at radius 2 is 1.29 bits per heavy atom. The zero-order valence-electron chi connectivity index (χ0n) is 20.0. The van der Waals surface area contributed by atoms with Crippen molar-refractivity contribution in [2.45, 2.75) is 103 Å². The van der Waals surface area contributed by atoms with Crippen LogP contribution >= 0.6 is 0 Å². The van der Waals surface area contributed by atoms with Gasteiger partial charge in [-0.1, -0.05) is 0 Å². The number of hydrogen-bond acceptors (Lipinski definition) is 6. The van der Waals surface area contributed by atoms with E-state index in [2.05, 4.69) is 78.6 Å². The third-order valence-electron chi connectivity index (χ3n) is 3.63. The van der Waals surface area contributed by atoms with Gasteiger partial charge in [-0.3, -0.25) is 0 Å². The lowest BCUT2D eigenvalue weighted by Gasteiger charge is -2.36. The molecule has 1 aliphatic rings. The highest BCUT2D eigenvalue weighted by Gasteiger charge is 2.53. The quantitative estimate of drug-likeness (QED) is 0.351. The molecule has 0 radical (unpaired) electrons. The lowest BCUT2D eigenvalue weighted by molar-refractivity contribution is -0.150. The van der Waals surface area contributed by atoms with Crippen LogP contribution in [-0.4, -0.2) is 70.3 Å². The molecular weight excluding hydrogens is 425 g/mol. The number of cyclic esters (lactones) is 1. The molecule has 0 N–H and O–H groups in total. The van der Waals surface area contributed by atoms with E-state index in [0.717, 1.165) is 0 Å². The van der Waals surface area contributed by atoms with Crippen LogP contribution in [0.2, 0.25) is 78.6 Å². The van der Waals surface area contributed by atoms with E-state index in [4.69, 9.17) is 22.4 Å². The second-order valence-corrected chi connectivity index (χ2v) is 29.3. The third-order valence-corrected chi connectivity index (χ3v) is 7.61. The van der Waals surface area contributed by atoms with Gasteiger partial charge in [0.2, 0.25) is 0 Å². The summed E-state index contributed by atoms with van der Waals surface area (Å²) in [5.74, 6) is -0.340. The van der Waals surface area contributed by atoms with E-state index in [1.165, 1.54) is 0 Å². The van der Waals surface area contributed by atoms with E-state index in [9.17, 15) is 4.79 Å². The first-order chi connectivity index (χ1) is 12.3. The SMILES string of the molecule is C[Si](C)(C)OC[C@@H](O[Si](C)(C)C)[C@H]1OC(=O)C(O[Si](C)(C)C)C1O[Si](C)(C)C. The molecule has 166 valence electrons. The summed E-state index contributed by atoms with van der Waals surface area (Å²) in [4.78, 5) is 12.8. The van der Waals surface area contributed by atoms with E-state index in [1.54, 1.807) is 0 Å². The fraction of sp³-hybridized carbons (Fsp3) is 0.944. The van der Waals surface area contributed by atoms with Crippen LogP contribution in [0.5, 0.6) is 0 Å². The fourth-order valence-corrected chi connectivity index (χ4v) is 6.72. The molecule has 0 aromatic rings. The molecule has 0 amide bonds. The minimum absolute atomic E-state index is 0.340. The van der Waals surface area contributed by atoms with Gasteiger partial charge in [0.15, 0.2) is 45.5 Å². The first kappa shape index (κ1) is 26.2. The van der Waals surface area contributed by atoms with Gasteiger partial charge in [0, 0.05) is 0 Å². The highest BCUT2D eigenvalue weighted by atomic mass is 28.4. The van der Waals surface area contributed by atoms with Gasteiger partial charge in [-0.2, -0.15) is 0 Å². The normalized spacial score (nSPS) is 25.7. The Hall–Kier alpha value is 0.178. The highest BCUT2D eigenvalue weighted by Crippen LogP contribution is 2.31. The van der Waals surface area contributed by atoms with E-state index >= 15 is 0 Å². The van der Waals surface area contributed by atoms with Gasteiger partial charge in [-0.25, -0.2) is 4.79 Å². The summed E-state index contributed by atoms with van der Waals surface area (Å²) in [5, 5.41) is 0. The molecule has 0 aromatic carbocycles. The Kier molecular flexibility index (Phi) is 8.54. The molecule has 4 atom stereocenters. The average Bonchev–Trinajstić information content (AvgIpc) is 2.66. The van der Waals surface area contributed by atoms with Crippen molar-refractivity contribution in [3.63, 3.8) is 0 Å². The van der Waals surface area contributed by atoms with Crippen molar-refractivity contribution >= 4 is 39.2 Å². The van der Waals surface area contributed by atoms with E-state index in [-0.39, 0.29) is 12.1 Å². The maximum Gasteiger partial charge on any atom is 0.337 e. The predicted molar refractivity (Wildman–Crippen MR) is 124 cm³/mol. The van der Waals surface area contributed by atoms with Crippen molar-refractivity contribution in [3.8, 4) is 0 Å². The van der Waals surface area contributed by atoms with Crippen LogP contribution in [0.15, 0.2) is 0 Å². The monoisotopic (exact) mass is 466 g/mol. The molecule has 1 aliphatic heterocycles. The van der Waals surface area contributed by atoms with Crippen LogP contribution < -0.4 is 0 Å². The summed E-state index contributed by atoms with van der Waals surface area (Å²) in [6.45, 7) is 25.8. The molecule has 1 saturated heterocycles. The standard InChI is InChI=1S/C18H42O6Si4/c1-25(2,3)20-13-14(22-26(4,5)6)15-16(23-27(7,8)9)17(18(19)21-15)24-28(10,11)12/h14-17H,13H2,1-12H3/t14-,15-,16?,17?/m1/s1. The molecule has 0 aliphatic carbocycles. The van der Waals surface area contributed by atoms with Crippen LogP contribution in [0.4, 0.5) is 0 Å². The van der Waals surface area contributed by atoms with Gasteiger partial charge in [0.1, 0.15) is 12.2 Å². The average molecular weight is 467 g/mol. The predicted octanol–water partition coefficient (Wildman–Crippen LogP) is 4.42. The van der Waals surface area contributed by atoms with E-state index in [0.29, 0.717) is 6.61 Å². The van der Waals surface area contributed by atoms with Crippen molar-refractivity contribution in [1.29, 1.82) is 0 Å². The molecule has 1 heterocycles. The molecule has 0 aromatic heterocycles. The van der Waals surface area contributed by atoms with Crippen LogP contribution in [0.3, 0.4) is 0 Å². The maximum atomic E-state index is 12.8. The van der Waals surface area contributed by atoms with Gasteiger partial charge in [0.05, 0.1) is 6.61 Å². The smallest absolute Gasteiger partial charge is 0.337 e. The van der Waals surface area contributed by atoms with Gasteiger partial charge in [-0.15, -0.1) is 0 Å². The zero-order valence-corrected chi connectivity index (χ0v) is 24.0. The molecule has 0 bridgehead atoms. The van der Waals surface area contributed by atoms with Gasteiger partial charge >= 0.3 is 5.97 Å². The summed E-state index contributed by atoms with van der Waals surface area (Å²) in [7, 11) is -7.56. The first-order valence-electron chi connectivity index (χ1n) is 10.2. The van der Waals surface area contributed by atoms with Gasteiger partial charge < -0.3 is 22.4 Å². The Labute approximate surface area is 176 Å². The largest absolute Gasteiger partial charge is 0.455 e. The van der Waals surface area contributed by atoms with Crippen molar-refractivity contribution < 1.29 is 27.2 Å². The Morgan fingerprint density at radius 1 is 0.786 bits per heavy atom. The molecule has 28 heavy (non-hydrogen) atoms. The number of hydrogen-bond donors (Lipinski definition) is 0. The van der Waals surface area contributed by atoms with Crippen LogP contribution in [-0.2, 0) is 27.2 Å². The van der Waals surface area contributed by atoms with Crippen LogP contribution in [0.1, 0.15) is 0 Å². The number of ether oxygens (including phenoxy) is 1. The van der Waals surface area contributed by atoms with Crippen molar-refractivity contribution in [2.75, 3.05) is 6.61 Å². The Morgan fingerprint density at radius 3 is 1.68 bits per heavy atom. The Balaban J connectivity index is 3.20. The molecular formula is C18H42O6Si4. The van der Waals surface area contributed by atoms with Gasteiger partial charge in [-0.05, 0) is 78.6 Å². The topological polar surface area (TPSA) is 63.2 Å². The van der Waals surface area contributed by atoms with E-state index < -0.39 is 51.6 Å². The summed E-state index contributed by atoms with van der Waals surface area (Å²) in [6, 6.07) is 0. The molecule has 0 saturated carbocycles. The summed E-state index contributed by atoms with van der Waals surface area (Å²) >= 11 is 0. The van der Waals surface area contributed by atoms with Crippen molar-refractivity contribution in [2.24, 2.45) is 0 Å². The zero-order chi connectivity index (χ0) is 22.1. The first-order valence-corrected chi connectivity index (χ1v) is 23.8. The van der Waals surface area contributed by atoms with E-state index in [1.807, 2.05) is 0 Å². The maximum absolute atomic E-state index is 12.8. The number of rotatable bonds is 10. The fourth-order valence-electron chi connectivity index (χ4n) is 2.88. The van der Waals surface area contributed by atoms with Crippen LogP contribution in [0.25, 0.3) is 0 Å². The number of carbonyl (C=O) groups is 1. The second kappa shape index (κ2) is 9.12. The van der Waals surface area contributed by atoms with Crippen LogP contribution in [0, 0.1) is 0 Å². The number of carbonyl (C=O) groups excluding carboxylic acids is 1. The van der Waals surface area contributed by atoms with Gasteiger partial charge in [0.25, 0.3) is 0 Å². The lowest BCUT2D eigenvalue weighted by Crippen LogP contribution is -2.53. The summed E-state index contributed by atoms with van der Waals surface area (Å²) in [5.41, 5.74) is 0. The van der Waals surface area contributed by atoms with Crippen molar-refractivity contribution in [3.05, 3.63) is 0 Å². The minimum atomic E-state index is -1.96. The highest BCUT2D eigenvalue weighted by molar-refractivity contribution is 6.71. The third kappa shape index (κ3) is 9.79. The molecule has 0 spiro atoms. The van der Waals surface area contributed by atoms with Crippen molar-refractivity contribution in [1.82, 2.24) is 0 Å². The lowest BCUT2D eigenvalue weighted by atomic mass is 10.1.